The summed E-state index contributed by atoms with van der Waals surface area (Å²) in [5.74, 6) is -0.586. The molecule has 1 atom stereocenters. The van der Waals surface area contributed by atoms with Gasteiger partial charge in [0.2, 0.25) is 0 Å². The SMILES string of the molecule is CCCCCCC(C)(Nc1ccc(F)cc1)C(=O)OC. The number of unbranched alkanes of at least 4 members (excludes halogenated alkanes) is 3. The van der Waals surface area contributed by atoms with E-state index in [9.17, 15) is 9.18 Å². The highest BCUT2D eigenvalue weighted by Gasteiger charge is 2.33. The van der Waals surface area contributed by atoms with Gasteiger partial charge in [0.15, 0.2) is 0 Å². The Morgan fingerprint density at radius 3 is 2.45 bits per heavy atom. The molecule has 1 N–H and O–H groups in total. The molecule has 4 heteroatoms. The Kier molecular flexibility index (Phi) is 6.49. The molecule has 20 heavy (non-hydrogen) atoms. The molecule has 0 saturated heterocycles. The van der Waals surface area contributed by atoms with Crippen molar-refractivity contribution in [3.05, 3.63) is 30.1 Å². The third kappa shape index (κ3) is 4.83. The van der Waals surface area contributed by atoms with Gasteiger partial charge in [-0.1, -0.05) is 32.6 Å². The lowest BCUT2D eigenvalue weighted by Gasteiger charge is -2.29. The van der Waals surface area contributed by atoms with E-state index < -0.39 is 5.54 Å². The number of hydrogen-bond donors (Lipinski definition) is 1. The van der Waals surface area contributed by atoms with Gasteiger partial charge < -0.3 is 10.1 Å². The fourth-order valence-electron chi connectivity index (χ4n) is 2.20. The van der Waals surface area contributed by atoms with Crippen molar-refractivity contribution >= 4 is 11.7 Å². The van der Waals surface area contributed by atoms with Gasteiger partial charge in [-0.05, 0) is 37.6 Å². The number of carbonyl (C=O) groups is 1. The van der Waals surface area contributed by atoms with Gasteiger partial charge in [-0.25, -0.2) is 9.18 Å². The van der Waals surface area contributed by atoms with Crippen molar-refractivity contribution in [3.8, 4) is 0 Å². The molecule has 0 radical (unpaired) electrons. The number of benzene rings is 1. The van der Waals surface area contributed by atoms with E-state index in [0.717, 1.165) is 31.4 Å². The monoisotopic (exact) mass is 281 g/mol. The van der Waals surface area contributed by atoms with Crippen LogP contribution >= 0.6 is 0 Å². The lowest BCUT2D eigenvalue weighted by atomic mass is 9.93. The van der Waals surface area contributed by atoms with Crippen LogP contribution in [0.5, 0.6) is 0 Å². The van der Waals surface area contributed by atoms with Crippen LogP contribution in [-0.2, 0) is 9.53 Å². The predicted molar refractivity (Wildman–Crippen MR) is 79.2 cm³/mol. The van der Waals surface area contributed by atoms with Gasteiger partial charge in [0.25, 0.3) is 0 Å². The second kappa shape index (κ2) is 7.88. The van der Waals surface area contributed by atoms with Crippen molar-refractivity contribution in [2.75, 3.05) is 12.4 Å². The molecular weight excluding hydrogens is 257 g/mol. The van der Waals surface area contributed by atoms with Crippen LogP contribution in [0.1, 0.15) is 46.0 Å². The number of methoxy groups -OCH3 is 1. The Balaban J connectivity index is 2.72. The van der Waals surface area contributed by atoms with Crippen LogP contribution in [0.4, 0.5) is 10.1 Å². The first-order valence-corrected chi connectivity index (χ1v) is 7.14. The van der Waals surface area contributed by atoms with Gasteiger partial charge in [0, 0.05) is 5.69 Å². The summed E-state index contributed by atoms with van der Waals surface area (Å²) in [4.78, 5) is 12.0. The number of esters is 1. The highest BCUT2D eigenvalue weighted by molar-refractivity contribution is 5.83. The zero-order valence-corrected chi connectivity index (χ0v) is 12.5. The molecule has 0 spiro atoms. The summed E-state index contributed by atoms with van der Waals surface area (Å²) in [7, 11) is 1.39. The summed E-state index contributed by atoms with van der Waals surface area (Å²) in [5.41, 5.74) is -0.0601. The van der Waals surface area contributed by atoms with Crippen molar-refractivity contribution < 1.29 is 13.9 Å². The first kappa shape index (κ1) is 16.5. The summed E-state index contributed by atoms with van der Waals surface area (Å²) >= 11 is 0. The molecule has 0 amide bonds. The molecule has 112 valence electrons. The molecule has 1 rings (SSSR count). The molecule has 0 fully saturated rings. The zero-order chi connectivity index (χ0) is 15.0. The first-order chi connectivity index (χ1) is 9.51. The molecule has 0 saturated carbocycles. The lowest BCUT2D eigenvalue weighted by Crippen LogP contribution is -2.44. The molecule has 0 heterocycles. The van der Waals surface area contributed by atoms with Crippen LogP contribution in [0.25, 0.3) is 0 Å². The average molecular weight is 281 g/mol. The smallest absolute Gasteiger partial charge is 0.331 e. The predicted octanol–water partition coefficient (Wildman–Crippen LogP) is 4.14. The quantitative estimate of drug-likeness (QED) is 0.575. The van der Waals surface area contributed by atoms with E-state index in [-0.39, 0.29) is 11.8 Å². The normalized spacial score (nSPS) is 13.6. The fraction of sp³-hybridized carbons (Fsp3) is 0.562. The second-order valence-corrected chi connectivity index (χ2v) is 5.27. The highest BCUT2D eigenvalue weighted by Crippen LogP contribution is 2.23. The number of nitrogens with one attached hydrogen (secondary N) is 1. The van der Waals surface area contributed by atoms with E-state index in [1.54, 1.807) is 12.1 Å². The number of halogens is 1. The van der Waals surface area contributed by atoms with Gasteiger partial charge in [0.1, 0.15) is 11.4 Å². The third-order valence-corrected chi connectivity index (χ3v) is 3.43. The van der Waals surface area contributed by atoms with Gasteiger partial charge in [0.05, 0.1) is 7.11 Å². The van der Waals surface area contributed by atoms with E-state index >= 15 is 0 Å². The maximum Gasteiger partial charge on any atom is 0.331 e. The Labute approximate surface area is 120 Å². The van der Waals surface area contributed by atoms with Gasteiger partial charge in [-0.2, -0.15) is 0 Å². The van der Waals surface area contributed by atoms with Crippen LogP contribution in [-0.4, -0.2) is 18.6 Å². The van der Waals surface area contributed by atoms with Gasteiger partial charge >= 0.3 is 5.97 Å². The van der Waals surface area contributed by atoms with Crippen molar-refractivity contribution in [2.45, 2.75) is 51.5 Å². The summed E-state index contributed by atoms with van der Waals surface area (Å²) < 4.78 is 17.8. The second-order valence-electron chi connectivity index (χ2n) is 5.27. The maximum absolute atomic E-state index is 12.9. The molecule has 0 aliphatic heterocycles. The number of anilines is 1. The van der Waals surface area contributed by atoms with Crippen LogP contribution in [0.15, 0.2) is 24.3 Å². The molecule has 1 aromatic rings. The summed E-state index contributed by atoms with van der Waals surface area (Å²) in [6.45, 7) is 3.98. The van der Waals surface area contributed by atoms with Crippen LogP contribution < -0.4 is 5.32 Å². The van der Waals surface area contributed by atoms with E-state index in [2.05, 4.69) is 12.2 Å². The standard InChI is InChI=1S/C16H24FNO2/c1-4-5-6-7-12-16(2,15(19)20-3)18-14-10-8-13(17)9-11-14/h8-11,18H,4-7,12H2,1-3H3. The van der Waals surface area contributed by atoms with Gasteiger partial charge in [-0.3, -0.25) is 0 Å². The van der Waals surface area contributed by atoms with Crippen molar-refractivity contribution in [3.63, 3.8) is 0 Å². The summed E-state index contributed by atoms with van der Waals surface area (Å²) in [5, 5.41) is 3.17. The molecule has 1 unspecified atom stereocenters. The Bertz CT molecular complexity index is 419. The fourth-order valence-corrected chi connectivity index (χ4v) is 2.20. The average Bonchev–Trinajstić information content (AvgIpc) is 2.45. The largest absolute Gasteiger partial charge is 0.467 e. The first-order valence-electron chi connectivity index (χ1n) is 7.14. The molecule has 1 aromatic carbocycles. The molecular formula is C16H24FNO2. The minimum atomic E-state index is -0.777. The Morgan fingerprint density at radius 2 is 1.90 bits per heavy atom. The Morgan fingerprint density at radius 1 is 1.25 bits per heavy atom. The van der Waals surface area contributed by atoms with Crippen LogP contribution in [0, 0.1) is 5.82 Å². The minimum Gasteiger partial charge on any atom is -0.467 e. The Hall–Kier alpha value is -1.58. The van der Waals surface area contributed by atoms with E-state index in [1.165, 1.54) is 19.2 Å². The van der Waals surface area contributed by atoms with Crippen LogP contribution in [0.3, 0.4) is 0 Å². The third-order valence-electron chi connectivity index (χ3n) is 3.43. The number of rotatable bonds is 8. The van der Waals surface area contributed by atoms with Crippen LogP contribution in [0.2, 0.25) is 0 Å². The summed E-state index contributed by atoms with van der Waals surface area (Å²) in [6, 6.07) is 6.00. The topological polar surface area (TPSA) is 38.3 Å². The molecule has 0 bridgehead atoms. The lowest BCUT2D eigenvalue weighted by molar-refractivity contribution is -0.145. The minimum absolute atomic E-state index is 0.293. The number of ether oxygens (including phenoxy) is 1. The van der Waals surface area contributed by atoms with Gasteiger partial charge in [-0.15, -0.1) is 0 Å². The van der Waals surface area contributed by atoms with Crippen molar-refractivity contribution in [2.24, 2.45) is 0 Å². The van der Waals surface area contributed by atoms with E-state index in [1.807, 2.05) is 6.92 Å². The van der Waals surface area contributed by atoms with Crippen molar-refractivity contribution in [1.29, 1.82) is 0 Å². The molecule has 0 aromatic heterocycles. The number of carbonyl (C=O) groups excluding carboxylic acids is 1. The van der Waals surface area contributed by atoms with E-state index in [4.69, 9.17) is 4.74 Å². The summed E-state index contributed by atoms with van der Waals surface area (Å²) in [6.07, 6.45) is 5.05. The molecule has 0 aliphatic carbocycles. The maximum atomic E-state index is 12.9. The zero-order valence-electron chi connectivity index (χ0n) is 12.5. The number of hydrogen-bond acceptors (Lipinski definition) is 3. The van der Waals surface area contributed by atoms with E-state index in [0.29, 0.717) is 6.42 Å². The van der Waals surface area contributed by atoms with Crippen molar-refractivity contribution in [1.82, 2.24) is 0 Å². The highest BCUT2D eigenvalue weighted by atomic mass is 19.1. The molecule has 0 aliphatic rings. The molecule has 3 nitrogen and oxygen atoms in total.